The maximum Gasteiger partial charge on any atom is 0.181 e. The summed E-state index contributed by atoms with van der Waals surface area (Å²) in [5.74, 6) is 2.55. The van der Waals surface area contributed by atoms with Crippen LogP contribution < -0.4 is 0 Å². The van der Waals surface area contributed by atoms with Crippen LogP contribution in [-0.2, 0) is 6.42 Å². The molecule has 0 bridgehead atoms. The molecule has 0 aromatic carbocycles. The third-order valence-corrected chi connectivity index (χ3v) is 3.70. The summed E-state index contributed by atoms with van der Waals surface area (Å²) >= 11 is 0. The number of hydrogen-bond acceptors (Lipinski definition) is 3. The van der Waals surface area contributed by atoms with E-state index in [-0.39, 0.29) is 0 Å². The summed E-state index contributed by atoms with van der Waals surface area (Å²) in [5, 5.41) is 0. The smallest absolute Gasteiger partial charge is 0.181 e. The highest BCUT2D eigenvalue weighted by atomic mass is 16.3. The SMILES string of the molecule is c1ccc(-n2cccc2-c2ocnc2CC2CC2)nc1. The van der Waals surface area contributed by atoms with E-state index in [0.717, 1.165) is 35.3 Å². The van der Waals surface area contributed by atoms with Crippen LogP contribution in [0.25, 0.3) is 17.3 Å². The number of pyridine rings is 1. The molecule has 0 saturated heterocycles. The van der Waals surface area contributed by atoms with Gasteiger partial charge >= 0.3 is 0 Å². The first-order chi connectivity index (χ1) is 9.92. The van der Waals surface area contributed by atoms with Gasteiger partial charge in [-0.15, -0.1) is 0 Å². The lowest BCUT2D eigenvalue weighted by atomic mass is 10.1. The minimum atomic E-state index is 0.789. The van der Waals surface area contributed by atoms with E-state index in [4.69, 9.17) is 4.42 Å². The average molecular weight is 265 g/mol. The zero-order valence-electron chi connectivity index (χ0n) is 11.1. The van der Waals surface area contributed by atoms with E-state index in [1.54, 1.807) is 12.6 Å². The van der Waals surface area contributed by atoms with Gasteiger partial charge in [0.05, 0.1) is 11.4 Å². The predicted octanol–water partition coefficient (Wildman–Crippen LogP) is 3.48. The number of aromatic nitrogens is 3. The predicted molar refractivity (Wildman–Crippen MR) is 75.5 cm³/mol. The molecule has 0 radical (unpaired) electrons. The Hall–Kier alpha value is -2.36. The highest BCUT2D eigenvalue weighted by molar-refractivity contribution is 5.59. The van der Waals surface area contributed by atoms with E-state index in [2.05, 4.69) is 9.97 Å². The third kappa shape index (κ3) is 2.03. The van der Waals surface area contributed by atoms with Gasteiger partial charge in [-0.25, -0.2) is 9.97 Å². The molecule has 0 unspecified atom stereocenters. The maximum atomic E-state index is 5.64. The van der Waals surface area contributed by atoms with Gasteiger partial charge in [-0.05, 0) is 49.4 Å². The Morgan fingerprint density at radius 1 is 1.15 bits per heavy atom. The summed E-state index contributed by atoms with van der Waals surface area (Å²) in [6, 6.07) is 9.94. The summed E-state index contributed by atoms with van der Waals surface area (Å²) in [4.78, 5) is 8.78. The molecule has 3 aromatic rings. The Kier molecular flexibility index (Phi) is 2.66. The molecule has 4 rings (SSSR count). The number of rotatable bonds is 4. The van der Waals surface area contributed by atoms with Crippen LogP contribution in [0.1, 0.15) is 18.5 Å². The van der Waals surface area contributed by atoms with Crippen molar-refractivity contribution < 1.29 is 4.42 Å². The van der Waals surface area contributed by atoms with Crippen molar-refractivity contribution in [2.45, 2.75) is 19.3 Å². The topological polar surface area (TPSA) is 43.9 Å². The summed E-state index contributed by atoms with van der Waals surface area (Å²) in [7, 11) is 0. The van der Waals surface area contributed by atoms with E-state index in [9.17, 15) is 0 Å². The first-order valence-electron chi connectivity index (χ1n) is 6.93. The van der Waals surface area contributed by atoms with Crippen molar-refractivity contribution in [1.29, 1.82) is 0 Å². The van der Waals surface area contributed by atoms with Crippen LogP contribution in [-0.4, -0.2) is 14.5 Å². The third-order valence-electron chi connectivity index (χ3n) is 3.70. The Morgan fingerprint density at radius 2 is 2.10 bits per heavy atom. The maximum absolute atomic E-state index is 5.64. The molecule has 100 valence electrons. The molecule has 0 atom stereocenters. The standard InChI is InChI=1S/C16H15N3O/c1-2-8-17-15(5-1)19-9-3-4-14(19)16-13(18-11-20-16)10-12-6-7-12/h1-5,8-9,11-12H,6-7,10H2. The fourth-order valence-electron chi connectivity index (χ4n) is 2.48. The summed E-state index contributed by atoms with van der Waals surface area (Å²) in [6.45, 7) is 0. The number of oxazole rings is 1. The van der Waals surface area contributed by atoms with Gasteiger partial charge in [0.2, 0.25) is 0 Å². The molecular formula is C16H15N3O. The van der Waals surface area contributed by atoms with Crippen molar-refractivity contribution in [3.63, 3.8) is 0 Å². The molecule has 1 fully saturated rings. The van der Waals surface area contributed by atoms with Crippen LogP contribution in [0.3, 0.4) is 0 Å². The molecular weight excluding hydrogens is 250 g/mol. The fraction of sp³-hybridized carbons (Fsp3) is 0.250. The van der Waals surface area contributed by atoms with Crippen molar-refractivity contribution >= 4 is 0 Å². The molecule has 3 heterocycles. The minimum Gasteiger partial charge on any atom is -0.442 e. The van der Waals surface area contributed by atoms with Gasteiger partial charge in [0.25, 0.3) is 0 Å². The van der Waals surface area contributed by atoms with Gasteiger partial charge in [0.15, 0.2) is 12.2 Å². The van der Waals surface area contributed by atoms with Gasteiger partial charge in [-0.2, -0.15) is 0 Å². The minimum absolute atomic E-state index is 0.789. The Labute approximate surface area is 117 Å². The van der Waals surface area contributed by atoms with Crippen molar-refractivity contribution in [3.05, 3.63) is 54.8 Å². The zero-order valence-corrected chi connectivity index (χ0v) is 11.1. The molecule has 0 spiro atoms. The van der Waals surface area contributed by atoms with E-state index >= 15 is 0 Å². The largest absolute Gasteiger partial charge is 0.442 e. The van der Waals surface area contributed by atoms with E-state index in [1.165, 1.54) is 12.8 Å². The second kappa shape index (κ2) is 4.63. The highest BCUT2D eigenvalue weighted by Gasteiger charge is 2.25. The van der Waals surface area contributed by atoms with Crippen LogP contribution in [0.15, 0.2) is 53.5 Å². The average Bonchev–Trinajstić information content (AvgIpc) is 3.00. The van der Waals surface area contributed by atoms with Gasteiger partial charge < -0.3 is 4.42 Å². The summed E-state index contributed by atoms with van der Waals surface area (Å²) < 4.78 is 7.68. The lowest BCUT2D eigenvalue weighted by Crippen LogP contribution is -1.99. The fourth-order valence-corrected chi connectivity index (χ4v) is 2.48. The first-order valence-corrected chi connectivity index (χ1v) is 6.93. The van der Waals surface area contributed by atoms with Crippen molar-refractivity contribution in [2.75, 3.05) is 0 Å². The molecule has 1 saturated carbocycles. The van der Waals surface area contributed by atoms with Crippen molar-refractivity contribution in [3.8, 4) is 17.3 Å². The van der Waals surface area contributed by atoms with Gasteiger partial charge in [0.1, 0.15) is 5.82 Å². The lowest BCUT2D eigenvalue weighted by Gasteiger charge is -2.07. The summed E-state index contributed by atoms with van der Waals surface area (Å²) in [5.41, 5.74) is 2.07. The molecule has 0 aliphatic heterocycles. The lowest BCUT2D eigenvalue weighted by molar-refractivity contribution is 0.566. The molecule has 4 nitrogen and oxygen atoms in total. The Balaban J connectivity index is 1.76. The second-order valence-corrected chi connectivity index (χ2v) is 5.23. The highest BCUT2D eigenvalue weighted by Crippen LogP contribution is 2.35. The van der Waals surface area contributed by atoms with Crippen molar-refractivity contribution in [2.24, 2.45) is 5.92 Å². The zero-order chi connectivity index (χ0) is 13.4. The Bertz CT molecular complexity index is 710. The van der Waals surface area contributed by atoms with Crippen molar-refractivity contribution in [1.82, 2.24) is 14.5 Å². The molecule has 1 aliphatic rings. The van der Waals surface area contributed by atoms with Crippen LogP contribution in [0, 0.1) is 5.92 Å². The molecule has 20 heavy (non-hydrogen) atoms. The van der Waals surface area contributed by atoms with Crippen LogP contribution in [0.4, 0.5) is 0 Å². The van der Waals surface area contributed by atoms with E-state index in [0.29, 0.717) is 0 Å². The quantitative estimate of drug-likeness (QED) is 0.725. The van der Waals surface area contributed by atoms with Gasteiger partial charge in [-0.1, -0.05) is 6.07 Å². The van der Waals surface area contributed by atoms with E-state index in [1.807, 2.05) is 41.1 Å². The normalized spacial score (nSPS) is 14.6. The summed E-state index contributed by atoms with van der Waals surface area (Å²) in [6.07, 6.45) is 8.98. The van der Waals surface area contributed by atoms with Crippen LogP contribution >= 0.6 is 0 Å². The Morgan fingerprint density at radius 3 is 2.90 bits per heavy atom. The first kappa shape index (κ1) is 11.5. The van der Waals surface area contributed by atoms with Crippen LogP contribution in [0.5, 0.6) is 0 Å². The number of hydrogen-bond donors (Lipinski definition) is 0. The van der Waals surface area contributed by atoms with Gasteiger partial charge in [-0.3, -0.25) is 4.57 Å². The second-order valence-electron chi connectivity index (χ2n) is 5.23. The molecule has 1 aliphatic carbocycles. The monoisotopic (exact) mass is 265 g/mol. The molecule has 4 heteroatoms. The van der Waals surface area contributed by atoms with E-state index < -0.39 is 0 Å². The van der Waals surface area contributed by atoms with Gasteiger partial charge in [0, 0.05) is 12.4 Å². The molecule has 3 aromatic heterocycles. The van der Waals surface area contributed by atoms with Crippen LogP contribution in [0.2, 0.25) is 0 Å². The number of nitrogens with zero attached hydrogens (tertiary/aromatic N) is 3. The molecule has 0 amide bonds. The molecule has 0 N–H and O–H groups in total.